The highest BCUT2D eigenvalue weighted by molar-refractivity contribution is 5.82. The number of nitrogens with one attached hydrogen (secondary N) is 1. The number of carboxylic acid groups (broad SMARTS) is 1. The lowest BCUT2D eigenvalue weighted by molar-refractivity contribution is -0.140. The van der Waals surface area contributed by atoms with Crippen molar-refractivity contribution in [1.29, 1.82) is 0 Å². The van der Waals surface area contributed by atoms with E-state index in [1.807, 2.05) is 4.90 Å². The fraction of sp³-hybridized carbons (Fsp3) is 0.486. The second-order valence-corrected chi connectivity index (χ2v) is 13.0. The number of halogens is 5. The van der Waals surface area contributed by atoms with Crippen LogP contribution in [-0.4, -0.2) is 57.5 Å². The van der Waals surface area contributed by atoms with Crippen molar-refractivity contribution in [2.75, 3.05) is 19.6 Å². The molecule has 2 N–H and O–H groups in total. The second-order valence-electron chi connectivity index (χ2n) is 13.0. The van der Waals surface area contributed by atoms with Crippen LogP contribution in [0.5, 0.6) is 0 Å². The number of rotatable bonds is 12. The summed E-state index contributed by atoms with van der Waals surface area (Å²) in [4.78, 5) is 41.1. The summed E-state index contributed by atoms with van der Waals surface area (Å²) in [5.74, 6) is -4.26. The van der Waals surface area contributed by atoms with Crippen molar-refractivity contribution in [3.05, 3.63) is 86.1 Å². The number of benzene rings is 2. The van der Waals surface area contributed by atoms with E-state index >= 15 is 4.39 Å². The van der Waals surface area contributed by atoms with Gasteiger partial charge in [0.15, 0.2) is 0 Å². The van der Waals surface area contributed by atoms with Crippen LogP contribution in [0.25, 0.3) is 11.1 Å². The lowest BCUT2D eigenvalue weighted by Gasteiger charge is -2.26. The standard InChI is InChI=1S/C35H41F5N4O4/c1-19(2)13-29(44-30(45)14-22(5)27(42-44)10-12-43-11-9-24(36)18-43)34(48)41-28(17-31(46)47)25-15-23(16-26(33(25)37)35(38,39)40)32-20(3)7-6-8-21(32)4/h6-8,14-16,19,24,28-29H,9-13,17-18H2,1-5H3,(H,41,48)(H,46,47)/t24-,28+,29+/m1/s1. The van der Waals surface area contributed by atoms with Crippen LogP contribution in [0, 0.1) is 32.5 Å². The highest BCUT2D eigenvalue weighted by Gasteiger charge is 2.38. The zero-order chi connectivity index (χ0) is 35.5. The summed E-state index contributed by atoms with van der Waals surface area (Å²) in [5.41, 5.74) is -0.121. The normalized spacial score (nSPS) is 16.7. The van der Waals surface area contributed by atoms with E-state index in [9.17, 15) is 37.1 Å². The molecule has 1 aliphatic heterocycles. The van der Waals surface area contributed by atoms with Crippen LogP contribution in [0.3, 0.4) is 0 Å². The van der Waals surface area contributed by atoms with Gasteiger partial charge in [0.1, 0.15) is 18.0 Å². The van der Waals surface area contributed by atoms with E-state index in [4.69, 9.17) is 0 Å². The first-order valence-electron chi connectivity index (χ1n) is 15.9. The first-order valence-corrected chi connectivity index (χ1v) is 15.9. The number of likely N-dealkylation sites (tertiary alicyclic amines) is 1. The Morgan fingerprint density at radius 2 is 1.75 bits per heavy atom. The second kappa shape index (κ2) is 15.0. The fourth-order valence-corrected chi connectivity index (χ4v) is 6.28. The summed E-state index contributed by atoms with van der Waals surface area (Å²) in [5, 5.41) is 16.7. The van der Waals surface area contributed by atoms with Crippen LogP contribution >= 0.6 is 0 Å². The van der Waals surface area contributed by atoms with Gasteiger partial charge in [-0.15, -0.1) is 0 Å². The van der Waals surface area contributed by atoms with Gasteiger partial charge in [0.05, 0.1) is 23.7 Å². The molecule has 1 aromatic heterocycles. The van der Waals surface area contributed by atoms with E-state index < -0.39 is 65.2 Å². The van der Waals surface area contributed by atoms with Gasteiger partial charge in [-0.3, -0.25) is 19.3 Å². The number of aryl methyl sites for hydroxylation is 3. The van der Waals surface area contributed by atoms with Gasteiger partial charge >= 0.3 is 12.1 Å². The maximum absolute atomic E-state index is 15.8. The summed E-state index contributed by atoms with van der Waals surface area (Å²) >= 11 is 0. The number of amides is 1. The molecule has 2 heterocycles. The van der Waals surface area contributed by atoms with Crippen LogP contribution in [0.15, 0.2) is 41.2 Å². The SMILES string of the molecule is Cc1cc(=O)n([C@@H](CC(C)C)C(=O)N[C@@H](CC(=O)O)c2cc(-c3c(C)cccc3C)cc(C(F)(F)F)c2F)nc1CCN1CC[C@@H](F)C1. The maximum atomic E-state index is 15.8. The maximum Gasteiger partial charge on any atom is 0.419 e. The molecule has 48 heavy (non-hydrogen) atoms. The number of hydrogen-bond acceptors (Lipinski definition) is 5. The third-order valence-corrected chi connectivity index (χ3v) is 8.67. The first kappa shape index (κ1) is 36.7. The molecule has 1 amide bonds. The smallest absolute Gasteiger partial charge is 0.419 e. The molecule has 3 atom stereocenters. The lowest BCUT2D eigenvalue weighted by atomic mass is 9.90. The Morgan fingerprint density at radius 3 is 2.31 bits per heavy atom. The van der Waals surface area contributed by atoms with Gasteiger partial charge in [0, 0.05) is 37.7 Å². The zero-order valence-electron chi connectivity index (χ0n) is 27.6. The third kappa shape index (κ3) is 8.66. The van der Waals surface area contributed by atoms with Crippen LogP contribution < -0.4 is 10.9 Å². The molecule has 1 aliphatic rings. The number of hydrogen-bond donors (Lipinski definition) is 2. The monoisotopic (exact) mass is 676 g/mol. The topological polar surface area (TPSA) is 105 Å². The molecule has 0 radical (unpaired) electrons. The molecule has 0 unspecified atom stereocenters. The molecule has 8 nitrogen and oxygen atoms in total. The Hall–Kier alpha value is -4.13. The van der Waals surface area contributed by atoms with Gasteiger partial charge < -0.3 is 10.4 Å². The van der Waals surface area contributed by atoms with Crippen LogP contribution in [-0.2, 0) is 22.2 Å². The Bertz CT molecular complexity index is 1700. The van der Waals surface area contributed by atoms with Crippen molar-refractivity contribution < 1.29 is 36.6 Å². The van der Waals surface area contributed by atoms with E-state index in [0.29, 0.717) is 66.5 Å². The third-order valence-electron chi connectivity index (χ3n) is 8.67. The Kier molecular flexibility index (Phi) is 11.4. The number of nitrogens with zero attached hydrogens (tertiary/aromatic N) is 3. The molecule has 4 rings (SSSR count). The largest absolute Gasteiger partial charge is 0.481 e. The molecule has 1 saturated heterocycles. The van der Waals surface area contributed by atoms with E-state index in [2.05, 4.69) is 10.4 Å². The lowest BCUT2D eigenvalue weighted by Crippen LogP contribution is -2.42. The Morgan fingerprint density at radius 1 is 1.08 bits per heavy atom. The van der Waals surface area contributed by atoms with Crippen LogP contribution in [0.4, 0.5) is 22.0 Å². The van der Waals surface area contributed by atoms with E-state index in [0.717, 1.165) is 10.7 Å². The van der Waals surface area contributed by atoms with Gasteiger partial charge in [-0.25, -0.2) is 13.5 Å². The number of carbonyl (C=O) groups is 2. The van der Waals surface area contributed by atoms with Crippen LogP contribution in [0.2, 0.25) is 0 Å². The summed E-state index contributed by atoms with van der Waals surface area (Å²) in [7, 11) is 0. The first-order chi connectivity index (χ1) is 22.5. The van der Waals surface area contributed by atoms with Crippen LogP contribution in [0.1, 0.15) is 78.7 Å². The number of carbonyl (C=O) groups excluding carboxylic acids is 1. The van der Waals surface area contributed by atoms with Gasteiger partial charge in [-0.1, -0.05) is 32.0 Å². The van der Waals surface area contributed by atoms with Gasteiger partial charge in [-0.2, -0.15) is 18.3 Å². The Balaban J connectivity index is 1.77. The molecule has 3 aromatic rings. The average Bonchev–Trinajstić information content (AvgIpc) is 3.39. The molecule has 0 bridgehead atoms. The minimum atomic E-state index is -5.13. The fourth-order valence-electron chi connectivity index (χ4n) is 6.28. The highest BCUT2D eigenvalue weighted by atomic mass is 19.4. The highest BCUT2D eigenvalue weighted by Crippen LogP contribution is 2.40. The Labute approximate surface area is 276 Å². The molecule has 0 saturated carbocycles. The minimum Gasteiger partial charge on any atom is -0.481 e. The number of carboxylic acids is 1. The minimum absolute atomic E-state index is 0.0100. The molecule has 260 valence electrons. The molecule has 2 aromatic carbocycles. The predicted octanol–water partition coefficient (Wildman–Crippen LogP) is 6.50. The van der Waals surface area contributed by atoms with Gasteiger partial charge in [-0.05, 0) is 79.5 Å². The predicted molar refractivity (Wildman–Crippen MR) is 171 cm³/mol. The molecule has 0 aliphatic carbocycles. The van der Waals surface area contributed by atoms with E-state index in [1.165, 1.54) is 6.07 Å². The summed E-state index contributed by atoms with van der Waals surface area (Å²) in [6.45, 7) is 10.0. The van der Waals surface area contributed by atoms with E-state index in [-0.39, 0.29) is 17.9 Å². The van der Waals surface area contributed by atoms with Gasteiger partial charge in [0.25, 0.3) is 5.56 Å². The van der Waals surface area contributed by atoms with Crippen molar-refractivity contribution in [2.24, 2.45) is 5.92 Å². The molecule has 13 heteroatoms. The summed E-state index contributed by atoms with van der Waals surface area (Å²) in [6.07, 6.45) is -6.11. The quantitative estimate of drug-likeness (QED) is 0.213. The number of alkyl halides is 4. The van der Waals surface area contributed by atoms with Crippen molar-refractivity contribution in [1.82, 2.24) is 20.0 Å². The molecular weight excluding hydrogens is 635 g/mol. The number of aromatic nitrogens is 2. The molecule has 1 fully saturated rings. The average molecular weight is 677 g/mol. The van der Waals surface area contributed by atoms with Crippen molar-refractivity contribution >= 4 is 11.9 Å². The summed E-state index contributed by atoms with van der Waals surface area (Å²) in [6, 6.07) is 5.24. The zero-order valence-corrected chi connectivity index (χ0v) is 27.6. The van der Waals surface area contributed by atoms with E-state index in [1.54, 1.807) is 52.8 Å². The van der Waals surface area contributed by atoms with Crippen molar-refractivity contribution in [3.63, 3.8) is 0 Å². The van der Waals surface area contributed by atoms with Crippen molar-refractivity contribution in [2.45, 2.75) is 84.7 Å². The van der Waals surface area contributed by atoms with Gasteiger partial charge in [0.2, 0.25) is 5.91 Å². The van der Waals surface area contributed by atoms with Crippen molar-refractivity contribution in [3.8, 4) is 11.1 Å². The molecule has 0 spiro atoms. The summed E-state index contributed by atoms with van der Waals surface area (Å²) < 4.78 is 73.1. The number of aliphatic carboxylic acids is 1. The molecular formula is C35H41F5N4O4.